The number of hydrogen-bond donors (Lipinski definition) is 1. The smallest absolute Gasteiger partial charge is 0.242 e. The van der Waals surface area contributed by atoms with Crippen molar-refractivity contribution in [2.75, 3.05) is 23.7 Å². The van der Waals surface area contributed by atoms with E-state index in [4.69, 9.17) is 0 Å². The number of halogens is 2. The van der Waals surface area contributed by atoms with E-state index in [0.29, 0.717) is 6.54 Å². The van der Waals surface area contributed by atoms with Crippen LogP contribution in [0.25, 0.3) is 0 Å². The van der Waals surface area contributed by atoms with E-state index in [1.807, 2.05) is 38.1 Å². The molecule has 1 atom stereocenters. The van der Waals surface area contributed by atoms with Crippen LogP contribution >= 0.6 is 0 Å². The lowest BCUT2D eigenvalue weighted by atomic mass is 10.1. The normalized spacial score (nSPS) is 12.2. The molecule has 2 amide bonds. The molecule has 2 aromatic carbocycles. The van der Waals surface area contributed by atoms with E-state index >= 15 is 0 Å². The Morgan fingerprint density at radius 2 is 1.77 bits per heavy atom. The summed E-state index contributed by atoms with van der Waals surface area (Å²) in [6, 6.07) is 9.67. The van der Waals surface area contributed by atoms with Crippen molar-refractivity contribution in [3.8, 4) is 0 Å². The van der Waals surface area contributed by atoms with E-state index in [0.717, 1.165) is 40.2 Å². The third kappa shape index (κ3) is 8.02. The number of carbonyl (C=O) groups excluding carboxylic acids is 2. The van der Waals surface area contributed by atoms with Crippen LogP contribution < -0.4 is 9.62 Å². The average molecular weight is 510 g/mol. The van der Waals surface area contributed by atoms with Gasteiger partial charge < -0.3 is 10.2 Å². The summed E-state index contributed by atoms with van der Waals surface area (Å²) < 4.78 is 52.5. The Kier molecular flexibility index (Phi) is 10.2. The first kappa shape index (κ1) is 28.2. The molecule has 10 heteroatoms. The van der Waals surface area contributed by atoms with Crippen molar-refractivity contribution in [3.05, 3.63) is 65.2 Å². The Labute approximate surface area is 206 Å². The maximum Gasteiger partial charge on any atom is 0.242 e. The first-order valence-electron chi connectivity index (χ1n) is 11.5. The molecule has 192 valence electrons. The quantitative estimate of drug-likeness (QED) is 0.472. The Hall–Kier alpha value is -3.01. The third-order valence-corrected chi connectivity index (χ3v) is 6.86. The lowest BCUT2D eigenvalue weighted by molar-refractivity contribution is -0.140. The van der Waals surface area contributed by atoms with Gasteiger partial charge in [-0.3, -0.25) is 13.9 Å². The maximum atomic E-state index is 13.7. The molecule has 0 fully saturated rings. The minimum Gasteiger partial charge on any atom is -0.354 e. The summed E-state index contributed by atoms with van der Waals surface area (Å²) in [5.74, 6) is -2.83. The van der Waals surface area contributed by atoms with E-state index in [9.17, 15) is 26.8 Å². The zero-order chi connectivity index (χ0) is 26.2. The minimum absolute atomic E-state index is 0.0251. The Morgan fingerprint density at radius 3 is 2.37 bits per heavy atom. The monoisotopic (exact) mass is 509 g/mol. The number of carbonyl (C=O) groups is 2. The summed E-state index contributed by atoms with van der Waals surface area (Å²) in [6.07, 6.45) is 1.81. The molecule has 0 heterocycles. The minimum atomic E-state index is -3.80. The van der Waals surface area contributed by atoms with Gasteiger partial charge in [-0.1, -0.05) is 31.2 Å². The number of sulfonamides is 1. The third-order valence-electron chi connectivity index (χ3n) is 5.66. The van der Waals surface area contributed by atoms with E-state index in [1.54, 1.807) is 6.92 Å². The van der Waals surface area contributed by atoms with Gasteiger partial charge in [0.05, 0.1) is 11.9 Å². The van der Waals surface area contributed by atoms with E-state index in [1.165, 1.54) is 11.0 Å². The summed E-state index contributed by atoms with van der Waals surface area (Å²) in [5.41, 5.74) is 1.85. The summed E-state index contributed by atoms with van der Waals surface area (Å²) in [4.78, 5) is 27.3. The molecule has 1 N–H and O–H groups in total. The largest absolute Gasteiger partial charge is 0.354 e. The van der Waals surface area contributed by atoms with Crippen molar-refractivity contribution in [1.29, 1.82) is 0 Å². The van der Waals surface area contributed by atoms with Crippen LogP contribution in [-0.4, -0.2) is 50.5 Å². The Balaban J connectivity index is 2.18. The molecular formula is C25H33F2N3O4S. The second-order valence-electron chi connectivity index (χ2n) is 8.45. The zero-order valence-electron chi connectivity index (χ0n) is 20.6. The summed E-state index contributed by atoms with van der Waals surface area (Å²) >= 11 is 0. The lowest BCUT2D eigenvalue weighted by Gasteiger charge is -2.30. The average Bonchev–Trinajstić information content (AvgIpc) is 2.80. The zero-order valence-corrected chi connectivity index (χ0v) is 21.4. The second kappa shape index (κ2) is 12.6. The fraction of sp³-hybridized carbons (Fsp3) is 0.440. The molecule has 2 rings (SSSR count). The molecule has 0 aliphatic rings. The maximum absolute atomic E-state index is 13.7. The van der Waals surface area contributed by atoms with Gasteiger partial charge in [0.25, 0.3) is 0 Å². The fourth-order valence-corrected chi connectivity index (χ4v) is 4.55. The van der Waals surface area contributed by atoms with Crippen molar-refractivity contribution >= 4 is 27.5 Å². The van der Waals surface area contributed by atoms with Gasteiger partial charge in [0.15, 0.2) is 11.6 Å². The summed E-state index contributed by atoms with van der Waals surface area (Å²) in [6.45, 7) is 6.13. The number of benzene rings is 2. The topological polar surface area (TPSA) is 86.8 Å². The predicted octanol–water partition coefficient (Wildman–Crippen LogP) is 3.76. The molecule has 2 aromatic rings. The van der Waals surface area contributed by atoms with Crippen LogP contribution in [0.2, 0.25) is 0 Å². The summed E-state index contributed by atoms with van der Waals surface area (Å²) in [7, 11) is -3.80. The van der Waals surface area contributed by atoms with Crippen LogP contribution in [-0.2, 0) is 26.2 Å². The van der Waals surface area contributed by atoms with Crippen LogP contribution in [0.15, 0.2) is 42.5 Å². The highest BCUT2D eigenvalue weighted by atomic mass is 32.2. The number of nitrogens with one attached hydrogen (secondary N) is 1. The molecular weight excluding hydrogens is 476 g/mol. The first-order chi connectivity index (χ1) is 16.5. The molecule has 0 unspecified atom stereocenters. The SMILES string of the molecule is CCCNC(=O)[C@H](C)N(Cc1ccccc1C)C(=O)CCCN(c1ccc(F)c(F)c1)S(C)(=O)=O. The molecule has 7 nitrogen and oxygen atoms in total. The number of hydrogen-bond acceptors (Lipinski definition) is 4. The van der Waals surface area contributed by atoms with Crippen LogP contribution in [0, 0.1) is 18.6 Å². The van der Waals surface area contributed by atoms with Crippen molar-refractivity contribution in [1.82, 2.24) is 10.2 Å². The highest BCUT2D eigenvalue weighted by Gasteiger charge is 2.27. The standard InChI is InChI=1S/C25H33F2N3O4S/c1-5-14-28-25(32)19(3)29(17-20-10-7-6-9-18(20)2)24(31)11-8-15-30(35(4,33)34)21-12-13-22(26)23(27)16-21/h6-7,9-10,12-13,16,19H,5,8,11,14-15,17H2,1-4H3,(H,28,32)/t19-/m0/s1. The highest BCUT2D eigenvalue weighted by molar-refractivity contribution is 7.92. The number of amides is 2. The molecule has 0 spiro atoms. The Bertz CT molecular complexity index is 1140. The predicted molar refractivity (Wildman–Crippen MR) is 132 cm³/mol. The number of anilines is 1. The van der Waals surface area contributed by atoms with Gasteiger partial charge in [-0.05, 0) is 49.9 Å². The lowest BCUT2D eigenvalue weighted by Crippen LogP contribution is -2.48. The van der Waals surface area contributed by atoms with Crippen molar-refractivity contribution in [2.24, 2.45) is 0 Å². The summed E-state index contributed by atoms with van der Waals surface area (Å²) in [5, 5.41) is 2.81. The molecule has 0 aliphatic carbocycles. The number of rotatable bonds is 12. The van der Waals surface area contributed by atoms with Gasteiger partial charge in [0.2, 0.25) is 21.8 Å². The van der Waals surface area contributed by atoms with E-state index in [-0.39, 0.29) is 43.4 Å². The van der Waals surface area contributed by atoms with E-state index in [2.05, 4.69) is 5.32 Å². The molecule has 0 saturated heterocycles. The van der Waals surface area contributed by atoms with Crippen LogP contribution in [0.1, 0.15) is 44.2 Å². The fourth-order valence-electron chi connectivity index (χ4n) is 3.59. The molecule has 0 aromatic heterocycles. The molecule has 0 bridgehead atoms. The van der Waals surface area contributed by atoms with E-state index < -0.39 is 27.7 Å². The van der Waals surface area contributed by atoms with Crippen molar-refractivity contribution in [2.45, 2.75) is 52.6 Å². The Morgan fingerprint density at radius 1 is 1.09 bits per heavy atom. The van der Waals surface area contributed by atoms with Gasteiger partial charge in [-0.25, -0.2) is 17.2 Å². The van der Waals surface area contributed by atoms with Gasteiger partial charge in [0, 0.05) is 32.1 Å². The molecule has 0 aliphatic heterocycles. The number of aryl methyl sites for hydroxylation is 1. The molecule has 0 saturated carbocycles. The van der Waals surface area contributed by atoms with Crippen LogP contribution in [0.3, 0.4) is 0 Å². The van der Waals surface area contributed by atoms with Crippen molar-refractivity contribution < 1.29 is 26.8 Å². The van der Waals surface area contributed by atoms with Crippen LogP contribution in [0.5, 0.6) is 0 Å². The van der Waals surface area contributed by atoms with Gasteiger partial charge in [-0.2, -0.15) is 0 Å². The molecule has 35 heavy (non-hydrogen) atoms. The van der Waals surface area contributed by atoms with Gasteiger partial charge in [0.1, 0.15) is 6.04 Å². The molecule has 0 radical (unpaired) electrons. The second-order valence-corrected chi connectivity index (χ2v) is 10.4. The van der Waals surface area contributed by atoms with Gasteiger partial charge in [-0.15, -0.1) is 0 Å². The van der Waals surface area contributed by atoms with Crippen molar-refractivity contribution in [3.63, 3.8) is 0 Å². The number of nitrogens with zero attached hydrogens (tertiary/aromatic N) is 2. The van der Waals surface area contributed by atoms with Crippen LogP contribution in [0.4, 0.5) is 14.5 Å². The van der Waals surface area contributed by atoms with Gasteiger partial charge >= 0.3 is 0 Å². The first-order valence-corrected chi connectivity index (χ1v) is 13.3. The highest BCUT2D eigenvalue weighted by Crippen LogP contribution is 2.22.